The number of nitrogens with zero attached hydrogens (tertiary/aromatic N) is 5. The average molecular weight is 998 g/mol. The molecule has 0 amide bonds. The summed E-state index contributed by atoms with van der Waals surface area (Å²) in [6.07, 6.45) is 0. The Hall–Kier alpha value is -1.01. The van der Waals surface area contributed by atoms with Crippen LogP contribution in [0.5, 0.6) is 5.75 Å². The topological polar surface area (TPSA) is 380 Å². The van der Waals surface area contributed by atoms with Crippen molar-refractivity contribution in [3.05, 3.63) is 71.5 Å². The van der Waals surface area contributed by atoms with E-state index < -0.39 is 122 Å². The van der Waals surface area contributed by atoms with Gasteiger partial charge >= 0.3 is 129 Å². The molecule has 5 aromatic rings. The number of anilines is 4. The molecule has 0 aliphatic rings. The van der Waals surface area contributed by atoms with Crippen LogP contribution in [-0.4, -0.2) is 87.6 Å². The molecule has 0 aliphatic heterocycles. The Morgan fingerprint density at radius 2 is 1.28 bits per heavy atom. The molecule has 0 bridgehead atoms. The molecule has 61 heavy (non-hydrogen) atoms. The fourth-order valence-corrected chi connectivity index (χ4v) is 8.32. The molecule has 33 heteroatoms. The molecule has 0 saturated heterocycles. The number of rotatable bonds is 14. The zero-order valence-electron chi connectivity index (χ0n) is 31.9. The van der Waals surface area contributed by atoms with Gasteiger partial charge in [0, 0.05) is 11.4 Å². The van der Waals surface area contributed by atoms with Crippen LogP contribution in [0.3, 0.4) is 0 Å². The third kappa shape index (κ3) is 15.6. The summed E-state index contributed by atoms with van der Waals surface area (Å²) in [7, 11) is -25.2. The predicted molar refractivity (Wildman–Crippen MR) is 190 cm³/mol. The maximum atomic E-state index is 13.9. The Morgan fingerprint density at radius 3 is 1.82 bits per heavy atom. The number of aryl methyl sites for hydroxylation is 1. The summed E-state index contributed by atoms with van der Waals surface area (Å²) in [5, 5.41) is 24.3. The van der Waals surface area contributed by atoms with Gasteiger partial charge in [-0.15, -0.1) is 10.2 Å². The first-order valence-electron chi connectivity index (χ1n) is 14.8. The summed E-state index contributed by atoms with van der Waals surface area (Å²) in [6.45, 7) is 0.563. The second kappa shape index (κ2) is 22.5. The van der Waals surface area contributed by atoms with Crippen molar-refractivity contribution in [3.8, 4) is 5.75 Å². The van der Waals surface area contributed by atoms with Crippen molar-refractivity contribution >= 4 is 108 Å². The second-order valence-corrected chi connectivity index (χ2v) is 18.9. The molecule has 3 N–H and O–H groups in total. The van der Waals surface area contributed by atoms with Crippen molar-refractivity contribution in [2.45, 2.75) is 26.5 Å². The van der Waals surface area contributed by atoms with Gasteiger partial charge in [-0.3, -0.25) is 4.55 Å². The van der Waals surface area contributed by atoms with E-state index >= 15 is 0 Å². The van der Waals surface area contributed by atoms with Gasteiger partial charge in [-0.05, 0) is 89.5 Å². The van der Waals surface area contributed by atoms with E-state index in [9.17, 15) is 60.9 Å². The summed E-state index contributed by atoms with van der Waals surface area (Å²) in [6, 6.07) is 9.62. The van der Waals surface area contributed by atoms with E-state index in [1.165, 1.54) is 25.1 Å². The van der Waals surface area contributed by atoms with Crippen LogP contribution in [0.2, 0.25) is 5.28 Å². The Balaban J connectivity index is 0.00000465. The minimum Gasteiger partial charge on any atom is -0.870 e. The number of hydrogen-bond donors (Lipinski definition) is 3. The van der Waals surface area contributed by atoms with Gasteiger partial charge in [0.15, 0.2) is 9.84 Å². The zero-order valence-corrected chi connectivity index (χ0v) is 44.8. The molecule has 0 spiro atoms. The van der Waals surface area contributed by atoms with Crippen LogP contribution < -0.4 is 134 Å². The van der Waals surface area contributed by atoms with E-state index in [-0.39, 0.29) is 135 Å². The SMILES string of the molecule is Cc1ccc(N=Nc2c(S(=O)(=O)[O-])cc3cc(S(=O)(=O)[O-])cc(Nc4nc(Cl)nc(Nc5ccc(S(=O)(=O)CCOS(=O)(=O)O)cc5)n4)c3c2[O-])c(S(=O)(=O)[O-])c1.[Na+].[Na+].[Na+].[Na+]. The molecule has 5 rings (SSSR count). The number of halogens is 1. The number of sulfone groups is 1. The zero-order chi connectivity index (χ0) is 42.3. The van der Waals surface area contributed by atoms with Gasteiger partial charge in [0.1, 0.15) is 36.0 Å². The third-order valence-electron chi connectivity index (χ3n) is 7.21. The van der Waals surface area contributed by atoms with Crippen LogP contribution in [0, 0.1) is 6.92 Å². The number of benzene rings is 4. The Bertz CT molecular complexity index is 3060. The van der Waals surface area contributed by atoms with E-state index in [2.05, 4.69) is 40.0 Å². The summed E-state index contributed by atoms with van der Waals surface area (Å²) >= 11 is 6.06. The molecule has 0 saturated carbocycles. The summed E-state index contributed by atoms with van der Waals surface area (Å²) in [5.41, 5.74) is -2.02. The smallest absolute Gasteiger partial charge is 0.870 e. The van der Waals surface area contributed by atoms with Crippen molar-refractivity contribution in [2.24, 2.45) is 10.2 Å². The van der Waals surface area contributed by atoms with Crippen molar-refractivity contribution in [2.75, 3.05) is 23.0 Å². The molecule has 0 unspecified atom stereocenters. The first-order chi connectivity index (χ1) is 26.2. The van der Waals surface area contributed by atoms with Crippen molar-refractivity contribution in [1.29, 1.82) is 0 Å². The minimum absolute atomic E-state index is 0. The molecule has 0 fully saturated rings. The minimum atomic E-state index is -5.64. The van der Waals surface area contributed by atoms with Crippen molar-refractivity contribution < 1.29 is 188 Å². The van der Waals surface area contributed by atoms with Gasteiger partial charge in [0.25, 0.3) is 0 Å². The van der Waals surface area contributed by atoms with E-state index in [0.29, 0.717) is 23.8 Å². The van der Waals surface area contributed by atoms with Crippen LogP contribution >= 0.6 is 11.6 Å². The molecule has 23 nitrogen and oxygen atoms in total. The monoisotopic (exact) mass is 997 g/mol. The van der Waals surface area contributed by atoms with Crippen LogP contribution in [0.1, 0.15) is 5.56 Å². The van der Waals surface area contributed by atoms with Crippen LogP contribution in [0.15, 0.2) is 90.5 Å². The standard InChI is InChI=1S/C28H24ClN7O16S5.4Na/c1-14-2-7-19(21(10-14)55(43,44)45)35-36-24-22(56(46,47)48)12-15-11-18(54(40,41)42)13-20(23(15)25(24)37)31-28-33-26(29)32-27(34-28)30-16-3-5-17(6-4-16)53(38,39)9-8-52-57(49,50)51;;;;/h2-7,10-13,37H,8-9H2,1H3,(H,40,41,42)(H,43,44,45)(H,46,47,48)(H,49,50,51)(H2,30,31,32,33,34);;;;/q;4*+1/p-4. The first-order valence-corrected chi connectivity index (χ1v) is 22.5. The van der Waals surface area contributed by atoms with E-state index in [1.807, 2.05) is 0 Å². The van der Waals surface area contributed by atoms with E-state index in [4.69, 9.17) is 16.2 Å². The summed E-state index contributed by atoms with van der Waals surface area (Å²) in [4.78, 5) is 8.12. The van der Waals surface area contributed by atoms with Gasteiger partial charge in [0.05, 0.1) is 37.6 Å². The number of aromatic nitrogens is 3. The number of azo groups is 1. The largest absolute Gasteiger partial charge is 1.00 e. The molecule has 1 heterocycles. The van der Waals surface area contributed by atoms with Crippen molar-refractivity contribution in [3.63, 3.8) is 0 Å². The molecule has 1 aromatic heterocycles. The van der Waals surface area contributed by atoms with Gasteiger partial charge in [0.2, 0.25) is 17.2 Å². The van der Waals surface area contributed by atoms with Crippen LogP contribution in [-0.2, 0) is 54.8 Å². The number of nitrogens with one attached hydrogen (secondary N) is 2. The predicted octanol–water partition coefficient (Wildman–Crippen LogP) is -9.72. The Morgan fingerprint density at radius 1 is 0.705 bits per heavy atom. The molecular weight excluding hydrogens is 978 g/mol. The van der Waals surface area contributed by atoms with Gasteiger partial charge < -0.3 is 29.4 Å². The Kier molecular flexibility index (Phi) is 21.4. The molecule has 4 aromatic carbocycles. The molecule has 304 valence electrons. The fraction of sp³-hybridized carbons (Fsp3) is 0.107. The molecule has 0 aliphatic carbocycles. The molecule has 0 atom stereocenters. The molecular formula is C28H20ClN7Na4O16S5. The quantitative estimate of drug-likeness (QED) is 0.0528. The van der Waals surface area contributed by atoms with Gasteiger partial charge in [-0.1, -0.05) is 11.8 Å². The van der Waals surface area contributed by atoms with Crippen molar-refractivity contribution in [1.82, 2.24) is 15.0 Å². The van der Waals surface area contributed by atoms with E-state index in [1.54, 1.807) is 0 Å². The summed E-state index contributed by atoms with van der Waals surface area (Å²) in [5.74, 6) is -3.15. The second-order valence-electron chi connectivity index (χ2n) is 11.2. The normalized spacial score (nSPS) is 12.1. The molecule has 0 radical (unpaired) electrons. The first kappa shape index (κ1) is 58.0. The fourth-order valence-electron chi connectivity index (χ4n) is 4.80. The summed E-state index contributed by atoms with van der Waals surface area (Å²) < 4.78 is 168. The maximum absolute atomic E-state index is 13.9. The third-order valence-corrected chi connectivity index (χ3v) is 12.1. The number of fused-ring (bicyclic) bond motifs is 1. The number of hydrogen-bond acceptors (Lipinski definition) is 22. The van der Waals surface area contributed by atoms with E-state index in [0.717, 1.165) is 24.3 Å². The van der Waals surface area contributed by atoms with Crippen LogP contribution in [0.4, 0.5) is 34.6 Å². The average Bonchev–Trinajstić information content (AvgIpc) is 3.06. The van der Waals surface area contributed by atoms with Crippen LogP contribution in [0.25, 0.3) is 10.8 Å². The maximum Gasteiger partial charge on any atom is 1.00 e. The van der Waals surface area contributed by atoms with Gasteiger partial charge in [-0.2, -0.15) is 23.4 Å². The van der Waals surface area contributed by atoms with Gasteiger partial charge in [-0.25, -0.2) is 37.9 Å². The Labute approximate surface area is 441 Å².